The van der Waals surface area contributed by atoms with Gasteiger partial charge in [-0.15, -0.1) is 0 Å². The maximum absolute atomic E-state index is 6.13. The number of hydrogen-bond donors (Lipinski definition) is 1. The molecule has 0 spiro atoms. The van der Waals surface area contributed by atoms with Crippen LogP contribution in [0.4, 0.5) is 5.95 Å². The van der Waals surface area contributed by atoms with Gasteiger partial charge in [0.2, 0.25) is 5.95 Å². The number of aromatic nitrogens is 2. The fraction of sp³-hybridized carbons (Fsp3) is 0.533. The van der Waals surface area contributed by atoms with Crippen LogP contribution in [0.1, 0.15) is 45.1 Å². The standard InChI is InChI=1S/C15H20ClN3/c1-10-3-2-4-12(7-5-10)19-14-8-6-11(16)9-13(14)18-15(19)17/h6,8-10,12H,2-5,7H2,1H3,(H2,17,18). The van der Waals surface area contributed by atoms with Gasteiger partial charge >= 0.3 is 0 Å². The van der Waals surface area contributed by atoms with E-state index < -0.39 is 0 Å². The van der Waals surface area contributed by atoms with Crippen molar-refractivity contribution in [2.45, 2.75) is 45.1 Å². The minimum atomic E-state index is 0.483. The van der Waals surface area contributed by atoms with E-state index in [9.17, 15) is 0 Å². The number of fused-ring (bicyclic) bond motifs is 1. The van der Waals surface area contributed by atoms with E-state index in [1.165, 1.54) is 32.1 Å². The first-order valence-electron chi connectivity index (χ1n) is 7.08. The van der Waals surface area contributed by atoms with Crippen molar-refractivity contribution < 1.29 is 0 Å². The molecule has 3 rings (SSSR count). The zero-order chi connectivity index (χ0) is 13.4. The molecule has 1 heterocycles. The van der Waals surface area contributed by atoms with Gasteiger partial charge in [-0.05, 0) is 43.4 Å². The van der Waals surface area contributed by atoms with Crippen molar-refractivity contribution in [1.29, 1.82) is 0 Å². The van der Waals surface area contributed by atoms with Gasteiger partial charge in [0, 0.05) is 11.1 Å². The van der Waals surface area contributed by atoms with Gasteiger partial charge in [-0.2, -0.15) is 0 Å². The molecule has 4 heteroatoms. The van der Waals surface area contributed by atoms with Crippen LogP contribution in [0.3, 0.4) is 0 Å². The molecule has 0 saturated heterocycles. The number of nitrogen functional groups attached to an aromatic ring is 1. The average molecular weight is 278 g/mol. The van der Waals surface area contributed by atoms with E-state index in [-0.39, 0.29) is 0 Å². The van der Waals surface area contributed by atoms with E-state index in [0.29, 0.717) is 17.0 Å². The van der Waals surface area contributed by atoms with Crippen molar-refractivity contribution >= 4 is 28.6 Å². The smallest absolute Gasteiger partial charge is 0.201 e. The van der Waals surface area contributed by atoms with Crippen LogP contribution in [0, 0.1) is 5.92 Å². The molecule has 0 radical (unpaired) electrons. The molecule has 0 bridgehead atoms. The second kappa shape index (κ2) is 5.04. The van der Waals surface area contributed by atoms with Gasteiger partial charge in [0.15, 0.2) is 0 Å². The third-order valence-electron chi connectivity index (χ3n) is 4.27. The highest BCUT2D eigenvalue weighted by Gasteiger charge is 2.21. The van der Waals surface area contributed by atoms with Crippen LogP contribution in [0.15, 0.2) is 18.2 Å². The maximum atomic E-state index is 6.13. The summed E-state index contributed by atoms with van der Waals surface area (Å²) >= 11 is 6.02. The number of anilines is 1. The quantitative estimate of drug-likeness (QED) is 0.785. The Morgan fingerprint density at radius 2 is 2.11 bits per heavy atom. The molecule has 0 aliphatic heterocycles. The maximum Gasteiger partial charge on any atom is 0.201 e. The van der Waals surface area contributed by atoms with Crippen molar-refractivity contribution in [3.8, 4) is 0 Å². The zero-order valence-corrected chi connectivity index (χ0v) is 12.0. The molecule has 1 aliphatic rings. The predicted molar refractivity (Wildman–Crippen MR) is 80.4 cm³/mol. The monoisotopic (exact) mass is 277 g/mol. The highest BCUT2D eigenvalue weighted by atomic mass is 35.5. The van der Waals surface area contributed by atoms with Gasteiger partial charge in [-0.25, -0.2) is 4.98 Å². The van der Waals surface area contributed by atoms with Crippen LogP contribution >= 0.6 is 11.6 Å². The topological polar surface area (TPSA) is 43.8 Å². The largest absolute Gasteiger partial charge is 0.369 e. The van der Waals surface area contributed by atoms with Crippen molar-refractivity contribution in [1.82, 2.24) is 9.55 Å². The highest BCUT2D eigenvalue weighted by Crippen LogP contribution is 2.34. The van der Waals surface area contributed by atoms with Gasteiger partial charge in [0.25, 0.3) is 0 Å². The van der Waals surface area contributed by atoms with E-state index in [2.05, 4.69) is 16.5 Å². The first kappa shape index (κ1) is 12.8. The second-order valence-electron chi connectivity index (χ2n) is 5.74. The number of nitrogens with zero attached hydrogens (tertiary/aromatic N) is 2. The number of nitrogens with two attached hydrogens (primary N) is 1. The summed E-state index contributed by atoms with van der Waals surface area (Å²) in [4.78, 5) is 4.46. The molecule has 3 nitrogen and oxygen atoms in total. The van der Waals surface area contributed by atoms with E-state index in [0.717, 1.165) is 17.0 Å². The molecule has 0 amide bonds. The van der Waals surface area contributed by atoms with Crippen molar-refractivity contribution in [2.24, 2.45) is 5.92 Å². The minimum absolute atomic E-state index is 0.483. The summed E-state index contributed by atoms with van der Waals surface area (Å²) < 4.78 is 2.21. The molecule has 2 aromatic rings. The number of benzene rings is 1. The average Bonchev–Trinajstić information content (AvgIpc) is 2.54. The van der Waals surface area contributed by atoms with Gasteiger partial charge in [0.05, 0.1) is 11.0 Å². The summed E-state index contributed by atoms with van der Waals surface area (Å²) in [5.41, 5.74) is 8.15. The number of halogens is 1. The molecular formula is C15H20ClN3. The van der Waals surface area contributed by atoms with E-state index in [1.54, 1.807) is 0 Å². The summed E-state index contributed by atoms with van der Waals surface area (Å²) in [6.45, 7) is 2.34. The summed E-state index contributed by atoms with van der Waals surface area (Å²) in [5, 5.41) is 0.714. The van der Waals surface area contributed by atoms with Crippen LogP contribution in [-0.2, 0) is 0 Å². The Morgan fingerprint density at radius 1 is 1.26 bits per heavy atom. The normalized spacial score (nSPS) is 24.5. The lowest BCUT2D eigenvalue weighted by Gasteiger charge is -2.18. The lowest BCUT2D eigenvalue weighted by atomic mass is 10.0. The zero-order valence-electron chi connectivity index (χ0n) is 11.3. The van der Waals surface area contributed by atoms with Gasteiger partial charge in [-0.1, -0.05) is 31.4 Å². The van der Waals surface area contributed by atoms with Gasteiger partial charge in [0.1, 0.15) is 0 Å². The fourth-order valence-electron chi connectivity index (χ4n) is 3.20. The Balaban J connectivity index is 2.01. The highest BCUT2D eigenvalue weighted by molar-refractivity contribution is 6.31. The number of hydrogen-bond acceptors (Lipinski definition) is 2. The van der Waals surface area contributed by atoms with E-state index in [1.807, 2.05) is 18.2 Å². The van der Waals surface area contributed by atoms with Gasteiger partial charge in [-0.3, -0.25) is 0 Å². The summed E-state index contributed by atoms with van der Waals surface area (Å²) in [5.74, 6) is 1.45. The second-order valence-corrected chi connectivity index (χ2v) is 6.18. The van der Waals surface area contributed by atoms with Crippen LogP contribution in [0.2, 0.25) is 5.02 Å². The van der Waals surface area contributed by atoms with Crippen molar-refractivity contribution in [2.75, 3.05) is 5.73 Å². The third kappa shape index (κ3) is 2.44. The first-order valence-corrected chi connectivity index (χ1v) is 7.46. The lowest BCUT2D eigenvalue weighted by molar-refractivity contribution is 0.445. The van der Waals surface area contributed by atoms with E-state index >= 15 is 0 Å². The predicted octanol–water partition coefficient (Wildman–Crippen LogP) is 4.41. The molecule has 1 aliphatic carbocycles. The Labute approximate surface area is 118 Å². The van der Waals surface area contributed by atoms with Crippen LogP contribution in [0.5, 0.6) is 0 Å². The minimum Gasteiger partial charge on any atom is -0.369 e. The number of rotatable bonds is 1. The lowest BCUT2D eigenvalue weighted by Crippen LogP contribution is -2.11. The Bertz CT molecular complexity index is 590. The fourth-order valence-corrected chi connectivity index (χ4v) is 3.37. The first-order chi connectivity index (χ1) is 9.15. The molecule has 1 aromatic heterocycles. The Hall–Kier alpha value is -1.22. The van der Waals surface area contributed by atoms with Gasteiger partial charge < -0.3 is 10.3 Å². The van der Waals surface area contributed by atoms with Crippen molar-refractivity contribution in [3.63, 3.8) is 0 Å². The number of imidazole rings is 1. The molecule has 2 N–H and O–H groups in total. The molecular weight excluding hydrogens is 258 g/mol. The Morgan fingerprint density at radius 3 is 2.95 bits per heavy atom. The molecule has 1 fully saturated rings. The van der Waals surface area contributed by atoms with Crippen LogP contribution < -0.4 is 5.73 Å². The van der Waals surface area contributed by atoms with Crippen LogP contribution in [0.25, 0.3) is 11.0 Å². The van der Waals surface area contributed by atoms with Crippen LogP contribution in [-0.4, -0.2) is 9.55 Å². The summed E-state index contributed by atoms with van der Waals surface area (Å²) in [6.07, 6.45) is 6.27. The molecule has 2 unspecified atom stereocenters. The Kier molecular flexibility index (Phi) is 3.40. The molecule has 2 atom stereocenters. The SMILES string of the molecule is CC1CCCC(n2c(N)nc3cc(Cl)ccc32)CC1. The summed E-state index contributed by atoms with van der Waals surface area (Å²) in [6, 6.07) is 6.33. The molecule has 1 aromatic carbocycles. The molecule has 102 valence electrons. The summed E-state index contributed by atoms with van der Waals surface area (Å²) in [7, 11) is 0. The van der Waals surface area contributed by atoms with Crippen molar-refractivity contribution in [3.05, 3.63) is 23.2 Å². The molecule has 1 saturated carbocycles. The third-order valence-corrected chi connectivity index (χ3v) is 4.51. The van der Waals surface area contributed by atoms with E-state index in [4.69, 9.17) is 17.3 Å². The molecule has 19 heavy (non-hydrogen) atoms.